The van der Waals surface area contributed by atoms with Gasteiger partial charge in [0.1, 0.15) is 11.6 Å². The van der Waals surface area contributed by atoms with Gasteiger partial charge in [-0.1, -0.05) is 12.1 Å². The molecule has 9 heteroatoms. The molecule has 34 heavy (non-hydrogen) atoms. The van der Waals surface area contributed by atoms with Gasteiger partial charge < -0.3 is 25.7 Å². The molecule has 0 saturated heterocycles. The molecule has 4 N–H and O–H groups in total. The maximum Gasteiger partial charge on any atom is 0.323 e. The number of rotatable bonds is 4. The molecule has 0 aliphatic carbocycles. The number of benzene rings is 3. The second-order valence-electron chi connectivity index (χ2n) is 8.06. The van der Waals surface area contributed by atoms with Crippen LogP contribution < -0.4 is 15.5 Å². The van der Waals surface area contributed by atoms with Gasteiger partial charge in [0.15, 0.2) is 11.5 Å². The smallest absolute Gasteiger partial charge is 0.323 e. The molecular formula is C25H20F2N4O3. The number of hydrogen-bond donors (Lipinski definition) is 4. The number of carbonyl (C=O) groups excluding carboxylic acids is 1. The zero-order valence-electron chi connectivity index (χ0n) is 17.8. The van der Waals surface area contributed by atoms with Gasteiger partial charge in [-0.2, -0.15) is 0 Å². The number of aromatic hydroxyl groups is 2. The zero-order chi connectivity index (χ0) is 23.8. The van der Waals surface area contributed by atoms with Gasteiger partial charge in [0, 0.05) is 42.7 Å². The Kier molecular flexibility index (Phi) is 5.37. The number of hydrogen-bond acceptors (Lipinski definition) is 5. The van der Waals surface area contributed by atoms with Crippen molar-refractivity contribution in [3.05, 3.63) is 83.6 Å². The fraction of sp³-hybridized carbons (Fsp3) is 0.120. The molecule has 5 rings (SSSR count). The SMILES string of the molecule is O=C(Nc1ccc(CN2CCc3nc4cc(O)c(O)cc4cc32)cc1)Nc1ccc(F)cc1F. The van der Waals surface area contributed by atoms with Crippen LogP contribution in [0.2, 0.25) is 0 Å². The van der Waals surface area contributed by atoms with E-state index in [4.69, 9.17) is 0 Å². The molecule has 0 unspecified atom stereocenters. The topological polar surface area (TPSA) is 97.7 Å². The zero-order valence-corrected chi connectivity index (χ0v) is 17.8. The summed E-state index contributed by atoms with van der Waals surface area (Å²) in [6.07, 6.45) is 0.771. The maximum atomic E-state index is 13.7. The Balaban J connectivity index is 1.26. The molecule has 0 radical (unpaired) electrons. The number of pyridine rings is 1. The van der Waals surface area contributed by atoms with Crippen LogP contribution in [-0.4, -0.2) is 27.8 Å². The molecule has 0 saturated carbocycles. The number of nitrogens with one attached hydrogen (secondary N) is 2. The number of phenols is 2. The van der Waals surface area contributed by atoms with Crippen molar-refractivity contribution in [3.8, 4) is 11.5 Å². The van der Waals surface area contributed by atoms with E-state index in [1.807, 2.05) is 18.2 Å². The van der Waals surface area contributed by atoms with Crippen molar-refractivity contribution in [2.75, 3.05) is 22.1 Å². The van der Waals surface area contributed by atoms with Gasteiger partial charge in [0.25, 0.3) is 0 Å². The van der Waals surface area contributed by atoms with Crippen LogP contribution in [0.3, 0.4) is 0 Å². The third-order valence-corrected chi connectivity index (χ3v) is 5.69. The summed E-state index contributed by atoms with van der Waals surface area (Å²) in [5.41, 5.74) is 3.95. The van der Waals surface area contributed by atoms with E-state index in [1.54, 1.807) is 12.1 Å². The first-order valence-electron chi connectivity index (χ1n) is 10.6. The van der Waals surface area contributed by atoms with Crippen LogP contribution in [0.15, 0.2) is 60.7 Å². The summed E-state index contributed by atoms with van der Waals surface area (Å²) in [5, 5.41) is 25.2. The quantitative estimate of drug-likeness (QED) is 0.315. The van der Waals surface area contributed by atoms with Gasteiger partial charge >= 0.3 is 6.03 Å². The van der Waals surface area contributed by atoms with Crippen molar-refractivity contribution in [1.29, 1.82) is 0 Å². The summed E-state index contributed by atoms with van der Waals surface area (Å²) in [6.45, 7) is 1.40. The van der Waals surface area contributed by atoms with E-state index in [2.05, 4.69) is 20.5 Å². The molecular weight excluding hydrogens is 442 g/mol. The van der Waals surface area contributed by atoms with E-state index < -0.39 is 17.7 Å². The van der Waals surface area contributed by atoms with Crippen LogP contribution in [-0.2, 0) is 13.0 Å². The summed E-state index contributed by atoms with van der Waals surface area (Å²) in [5.74, 6) is -1.96. The minimum absolute atomic E-state index is 0.118. The Morgan fingerprint density at radius 1 is 0.971 bits per heavy atom. The van der Waals surface area contributed by atoms with Crippen molar-refractivity contribution in [2.45, 2.75) is 13.0 Å². The number of carbonyl (C=O) groups is 1. The number of fused-ring (bicyclic) bond motifs is 2. The lowest BCUT2D eigenvalue weighted by Gasteiger charge is -2.20. The van der Waals surface area contributed by atoms with Crippen molar-refractivity contribution in [3.63, 3.8) is 0 Å². The lowest BCUT2D eigenvalue weighted by Crippen LogP contribution is -2.21. The number of amides is 2. The standard InChI is InChI=1S/C25H20F2N4O3/c26-16-3-6-19(18(27)11-16)30-25(34)28-17-4-1-14(2-5-17)13-31-8-7-20-22(31)9-15-10-23(32)24(33)12-21(15)29-20/h1-6,9-12,32-33H,7-8,13H2,(H2,28,30,34). The van der Waals surface area contributed by atoms with Gasteiger partial charge in [-0.25, -0.2) is 13.6 Å². The molecule has 0 spiro atoms. The minimum Gasteiger partial charge on any atom is -0.504 e. The number of phenolic OH excluding ortho intramolecular Hbond substituents is 2. The monoisotopic (exact) mass is 462 g/mol. The Hall–Kier alpha value is -4.40. The highest BCUT2D eigenvalue weighted by molar-refractivity contribution is 5.99. The normalized spacial score (nSPS) is 12.6. The number of halogens is 2. The predicted octanol–water partition coefficient (Wildman–Crippen LogP) is 5.13. The molecule has 0 bridgehead atoms. The first-order valence-corrected chi connectivity index (χ1v) is 10.6. The highest BCUT2D eigenvalue weighted by Gasteiger charge is 2.22. The lowest BCUT2D eigenvalue weighted by atomic mass is 10.1. The van der Waals surface area contributed by atoms with Crippen molar-refractivity contribution in [1.82, 2.24) is 4.98 Å². The molecule has 2 heterocycles. The maximum absolute atomic E-state index is 13.7. The van der Waals surface area contributed by atoms with E-state index in [0.717, 1.165) is 47.4 Å². The fourth-order valence-electron chi connectivity index (χ4n) is 4.00. The van der Waals surface area contributed by atoms with Crippen LogP contribution >= 0.6 is 0 Å². The van der Waals surface area contributed by atoms with E-state index in [9.17, 15) is 23.8 Å². The summed E-state index contributed by atoms with van der Waals surface area (Å²) >= 11 is 0. The molecule has 1 aromatic heterocycles. The van der Waals surface area contributed by atoms with Crippen molar-refractivity contribution >= 4 is 34.0 Å². The predicted molar refractivity (Wildman–Crippen MR) is 125 cm³/mol. The molecule has 1 aliphatic heterocycles. The van der Waals surface area contributed by atoms with Crippen LogP contribution in [0.1, 0.15) is 11.3 Å². The van der Waals surface area contributed by atoms with E-state index in [1.165, 1.54) is 12.1 Å². The summed E-state index contributed by atoms with van der Waals surface area (Å²) < 4.78 is 26.7. The highest BCUT2D eigenvalue weighted by atomic mass is 19.1. The molecule has 1 aliphatic rings. The van der Waals surface area contributed by atoms with Crippen LogP contribution in [0.4, 0.5) is 30.6 Å². The number of nitrogens with zero attached hydrogens (tertiary/aromatic N) is 2. The largest absolute Gasteiger partial charge is 0.504 e. The van der Waals surface area contributed by atoms with Crippen molar-refractivity contribution < 1.29 is 23.8 Å². The Morgan fingerprint density at radius 3 is 2.50 bits per heavy atom. The molecule has 4 aromatic rings. The molecule has 0 fully saturated rings. The van der Waals surface area contributed by atoms with E-state index in [0.29, 0.717) is 23.8 Å². The number of anilines is 3. The second-order valence-corrected chi connectivity index (χ2v) is 8.06. The van der Waals surface area contributed by atoms with Crippen molar-refractivity contribution in [2.24, 2.45) is 0 Å². The Labute approximate surface area is 193 Å². The van der Waals surface area contributed by atoms with Gasteiger partial charge in [-0.3, -0.25) is 4.98 Å². The fourth-order valence-corrected chi connectivity index (χ4v) is 4.00. The number of aromatic nitrogens is 1. The van der Waals surface area contributed by atoms with Crippen LogP contribution in [0, 0.1) is 11.6 Å². The Morgan fingerprint density at radius 2 is 1.74 bits per heavy atom. The van der Waals surface area contributed by atoms with Crippen LogP contribution in [0.25, 0.3) is 10.9 Å². The van der Waals surface area contributed by atoms with Crippen LogP contribution in [0.5, 0.6) is 11.5 Å². The lowest BCUT2D eigenvalue weighted by molar-refractivity contribution is 0.262. The van der Waals surface area contributed by atoms with E-state index >= 15 is 0 Å². The molecule has 2 amide bonds. The second kappa shape index (κ2) is 8.51. The van der Waals surface area contributed by atoms with Gasteiger partial charge in [-0.05, 0) is 42.0 Å². The Bertz CT molecular complexity index is 1410. The summed E-state index contributed by atoms with van der Waals surface area (Å²) in [6, 6.07) is 14.4. The van der Waals surface area contributed by atoms with E-state index in [-0.39, 0.29) is 17.2 Å². The average Bonchev–Trinajstić information content (AvgIpc) is 3.18. The highest BCUT2D eigenvalue weighted by Crippen LogP contribution is 2.35. The molecule has 0 atom stereocenters. The van der Waals surface area contributed by atoms with Gasteiger partial charge in [0.2, 0.25) is 0 Å². The molecule has 7 nitrogen and oxygen atoms in total. The summed E-state index contributed by atoms with van der Waals surface area (Å²) in [7, 11) is 0. The third-order valence-electron chi connectivity index (χ3n) is 5.69. The third kappa shape index (κ3) is 4.27. The first kappa shape index (κ1) is 21.4. The molecule has 3 aromatic carbocycles. The summed E-state index contributed by atoms with van der Waals surface area (Å²) in [4.78, 5) is 18.9. The number of urea groups is 1. The molecule has 172 valence electrons. The average molecular weight is 462 g/mol. The van der Waals surface area contributed by atoms with Gasteiger partial charge in [0.05, 0.1) is 22.6 Å². The van der Waals surface area contributed by atoms with Gasteiger partial charge in [-0.15, -0.1) is 0 Å². The minimum atomic E-state index is -0.856. The first-order chi connectivity index (χ1) is 16.4.